The number of nitrogens with one attached hydrogen (secondary N) is 1. The maximum Gasteiger partial charge on any atom is 0.253 e. The Labute approximate surface area is 134 Å². The fourth-order valence-corrected chi connectivity index (χ4v) is 3.03. The van der Waals surface area contributed by atoms with Crippen molar-refractivity contribution in [2.24, 2.45) is 5.41 Å². The Bertz CT molecular complexity index is 533. The number of nitrogens with two attached hydrogens (primary N) is 1. The van der Waals surface area contributed by atoms with Gasteiger partial charge in [0.1, 0.15) is 0 Å². The third-order valence-electron chi connectivity index (χ3n) is 4.37. The molecule has 1 fully saturated rings. The van der Waals surface area contributed by atoms with Crippen LogP contribution in [0, 0.1) is 5.41 Å². The summed E-state index contributed by atoms with van der Waals surface area (Å²) in [5.74, 6) is -0.238. The molecule has 4 nitrogen and oxygen atoms in total. The number of carbonyl (C=O) groups is 1. The molecule has 0 spiro atoms. The number of amides is 1. The second-order valence-electron chi connectivity index (χ2n) is 6.80. The summed E-state index contributed by atoms with van der Waals surface area (Å²) >= 11 is 3.31. The topological polar surface area (TPSA) is 75.3 Å². The molecule has 1 amide bonds. The molecule has 116 valence electrons. The van der Waals surface area contributed by atoms with Gasteiger partial charge < -0.3 is 16.2 Å². The highest BCUT2D eigenvalue weighted by atomic mass is 79.9. The zero-order valence-corrected chi connectivity index (χ0v) is 14.2. The highest BCUT2D eigenvalue weighted by Gasteiger charge is 2.36. The summed E-state index contributed by atoms with van der Waals surface area (Å²) in [5, 5.41) is 13.4. The van der Waals surface area contributed by atoms with E-state index in [0.29, 0.717) is 11.3 Å². The predicted octanol–water partition coefficient (Wildman–Crippen LogP) is 3.09. The van der Waals surface area contributed by atoms with Gasteiger partial charge in [-0.05, 0) is 49.3 Å². The van der Waals surface area contributed by atoms with Crippen molar-refractivity contribution in [2.75, 3.05) is 12.3 Å². The summed E-state index contributed by atoms with van der Waals surface area (Å²) in [6.45, 7) is 4.71. The van der Waals surface area contributed by atoms with Gasteiger partial charge in [-0.2, -0.15) is 0 Å². The SMILES string of the molecule is CC1(C)CCC(O)(CNC(=O)c2ccc(Br)cc2N)CC1. The Morgan fingerprint density at radius 1 is 1.33 bits per heavy atom. The van der Waals surface area contributed by atoms with Crippen LogP contribution >= 0.6 is 15.9 Å². The van der Waals surface area contributed by atoms with Crippen molar-refractivity contribution in [2.45, 2.75) is 45.1 Å². The summed E-state index contributed by atoms with van der Waals surface area (Å²) in [7, 11) is 0. The van der Waals surface area contributed by atoms with Gasteiger partial charge in [0.05, 0.1) is 11.2 Å². The minimum atomic E-state index is -0.796. The molecule has 1 aliphatic rings. The molecular weight excluding hydrogens is 332 g/mol. The molecular formula is C16H23BrN2O2. The van der Waals surface area contributed by atoms with E-state index in [2.05, 4.69) is 35.1 Å². The van der Waals surface area contributed by atoms with Gasteiger partial charge in [-0.25, -0.2) is 0 Å². The molecule has 0 atom stereocenters. The number of nitrogen functional groups attached to an aromatic ring is 1. The average molecular weight is 355 g/mol. The molecule has 0 heterocycles. The zero-order valence-electron chi connectivity index (χ0n) is 12.6. The van der Waals surface area contributed by atoms with Crippen LogP contribution in [0.15, 0.2) is 22.7 Å². The highest BCUT2D eigenvalue weighted by molar-refractivity contribution is 9.10. The molecule has 5 heteroatoms. The molecule has 21 heavy (non-hydrogen) atoms. The Kier molecular flexibility index (Phi) is 4.63. The van der Waals surface area contributed by atoms with E-state index in [1.54, 1.807) is 18.2 Å². The fourth-order valence-electron chi connectivity index (χ4n) is 2.65. The lowest BCUT2D eigenvalue weighted by atomic mass is 9.71. The van der Waals surface area contributed by atoms with Crippen LogP contribution in [0.4, 0.5) is 5.69 Å². The summed E-state index contributed by atoms with van der Waals surface area (Å²) < 4.78 is 0.838. The lowest BCUT2D eigenvalue weighted by Gasteiger charge is -2.40. The number of benzene rings is 1. The molecule has 0 saturated heterocycles. The number of anilines is 1. The smallest absolute Gasteiger partial charge is 0.253 e. The summed E-state index contributed by atoms with van der Waals surface area (Å²) in [6, 6.07) is 5.17. The third-order valence-corrected chi connectivity index (χ3v) is 4.86. The van der Waals surface area contributed by atoms with Crippen molar-refractivity contribution in [3.63, 3.8) is 0 Å². The lowest BCUT2D eigenvalue weighted by molar-refractivity contribution is -0.0233. The average Bonchev–Trinajstić information content (AvgIpc) is 2.40. The Hall–Kier alpha value is -1.07. The first-order chi connectivity index (χ1) is 9.71. The maximum atomic E-state index is 12.2. The van der Waals surface area contributed by atoms with Gasteiger partial charge >= 0.3 is 0 Å². The molecule has 0 aliphatic heterocycles. The first-order valence-corrected chi connectivity index (χ1v) is 8.06. The summed E-state index contributed by atoms with van der Waals surface area (Å²) in [5.41, 5.74) is 6.21. The highest BCUT2D eigenvalue weighted by Crippen LogP contribution is 2.39. The molecule has 4 N–H and O–H groups in total. The normalized spacial score (nSPS) is 20.0. The second-order valence-corrected chi connectivity index (χ2v) is 7.72. The molecule has 0 radical (unpaired) electrons. The molecule has 1 aromatic rings. The third kappa shape index (κ3) is 4.20. The minimum absolute atomic E-state index is 0.238. The number of halogens is 1. The van der Waals surface area contributed by atoms with Crippen LogP contribution in [-0.2, 0) is 0 Å². The van der Waals surface area contributed by atoms with Crippen LogP contribution < -0.4 is 11.1 Å². The van der Waals surface area contributed by atoms with Crippen molar-refractivity contribution in [1.82, 2.24) is 5.32 Å². The van der Waals surface area contributed by atoms with Gasteiger partial charge in [-0.1, -0.05) is 29.8 Å². The van der Waals surface area contributed by atoms with Gasteiger partial charge in [-0.3, -0.25) is 4.79 Å². The van der Waals surface area contributed by atoms with Crippen LogP contribution in [0.25, 0.3) is 0 Å². The maximum absolute atomic E-state index is 12.2. The van der Waals surface area contributed by atoms with Crippen molar-refractivity contribution >= 4 is 27.5 Å². The van der Waals surface area contributed by atoms with Crippen molar-refractivity contribution in [3.05, 3.63) is 28.2 Å². The number of hydrogen-bond donors (Lipinski definition) is 3. The van der Waals surface area contributed by atoms with E-state index >= 15 is 0 Å². The van der Waals surface area contributed by atoms with Crippen molar-refractivity contribution < 1.29 is 9.90 Å². The van der Waals surface area contributed by atoms with E-state index < -0.39 is 5.60 Å². The Balaban J connectivity index is 1.95. The van der Waals surface area contributed by atoms with Gasteiger partial charge in [-0.15, -0.1) is 0 Å². The van der Waals surface area contributed by atoms with E-state index in [-0.39, 0.29) is 17.9 Å². The molecule has 1 aliphatic carbocycles. The molecule has 0 aromatic heterocycles. The van der Waals surface area contributed by atoms with Gasteiger partial charge in [0.15, 0.2) is 0 Å². The van der Waals surface area contributed by atoms with Gasteiger partial charge in [0.25, 0.3) is 5.91 Å². The van der Waals surface area contributed by atoms with Crippen LogP contribution in [0.2, 0.25) is 0 Å². The van der Waals surface area contributed by atoms with Crippen LogP contribution in [0.1, 0.15) is 49.9 Å². The van der Waals surface area contributed by atoms with E-state index in [1.807, 2.05) is 0 Å². The number of rotatable bonds is 3. The molecule has 1 aromatic carbocycles. The minimum Gasteiger partial charge on any atom is -0.398 e. The van der Waals surface area contributed by atoms with Crippen molar-refractivity contribution in [3.8, 4) is 0 Å². The van der Waals surface area contributed by atoms with E-state index in [1.165, 1.54) is 0 Å². The van der Waals surface area contributed by atoms with Crippen LogP contribution in [0.5, 0.6) is 0 Å². The van der Waals surface area contributed by atoms with E-state index in [0.717, 1.165) is 30.2 Å². The van der Waals surface area contributed by atoms with Crippen molar-refractivity contribution in [1.29, 1.82) is 0 Å². The van der Waals surface area contributed by atoms with E-state index in [4.69, 9.17) is 5.73 Å². The molecule has 0 unspecified atom stereocenters. The Morgan fingerprint density at radius 3 is 2.52 bits per heavy atom. The molecule has 0 bridgehead atoms. The zero-order chi connectivity index (χ0) is 15.7. The molecule has 2 rings (SSSR count). The predicted molar refractivity (Wildman–Crippen MR) is 88.1 cm³/mol. The number of hydrogen-bond acceptors (Lipinski definition) is 3. The first-order valence-electron chi connectivity index (χ1n) is 7.26. The van der Waals surface area contributed by atoms with Crippen LogP contribution in [0.3, 0.4) is 0 Å². The fraction of sp³-hybridized carbons (Fsp3) is 0.562. The summed E-state index contributed by atoms with van der Waals surface area (Å²) in [6.07, 6.45) is 3.38. The van der Waals surface area contributed by atoms with E-state index in [9.17, 15) is 9.90 Å². The van der Waals surface area contributed by atoms with Gasteiger partial charge in [0, 0.05) is 16.7 Å². The quantitative estimate of drug-likeness (QED) is 0.730. The largest absolute Gasteiger partial charge is 0.398 e. The monoisotopic (exact) mass is 354 g/mol. The standard InChI is InChI=1S/C16H23BrN2O2/c1-15(2)5-7-16(21,8-6-15)10-19-14(20)12-4-3-11(17)9-13(12)18/h3-4,9,21H,5-8,10,18H2,1-2H3,(H,19,20). The van der Waals surface area contributed by atoms with Gasteiger partial charge in [0.2, 0.25) is 0 Å². The first kappa shape index (κ1) is 16.3. The number of carbonyl (C=O) groups excluding carboxylic acids is 1. The lowest BCUT2D eigenvalue weighted by Crippen LogP contribution is -2.46. The summed E-state index contributed by atoms with van der Waals surface area (Å²) in [4.78, 5) is 12.2. The van der Waals surface area contributed by atoms with Crippen LogP contribution in [-0.4, -0.2) is 23.2 Å². The number of aliphatic hydroxyl groups is 1. The Morgan fingerprint density at radius 2 is 1.95 bits per heavy atom. The second kappa shape index (κ2) is 5.97. The molecule has 1 saturated carbocycles.